The Kier molecular flexibility index (Phi) is 8.17. The zero-order chi connectivity index (χ0) is 15.5. The third-order valence-corrected chi connectivity index (χ3v) is 2.99. The fraction of sp³-hybridized carbons (Fsp3) is 0.529. The number of rotatable bonds is 9. The molecule has 0 aliphatic heterocycles. The summed E-state index contributed by atoms with van der Waals surface area (Å²) in [7, 11) is 0. The predicted molar refractivity (Wildman–Crippen MR) is 81.1 cm³/mol. The second-order valence-electron chi connectivity index (χ2n) is 5.07. The van der Waals surface area contributed by atoms with Crippen molar-refractivity contribution in [3.05, 3.63) is 29.8 Å². The zero-order valence-electron chi connectivity index (χ0n) is 12.9. The van der Waals surface area contributed by atoms with Crippen LogP contribution >= 0.6 is 0 Å². The molecule has 0 spiro atoms. The Morgan fingerprint density at radius 3 is 2.52 bits per heavy atom. The van der Waals surface area contributed by atoms with Gasteiger partial charge in [-0.2, -0.15) is 0 Å². The second-order valence-corrected chi connectivity index (χ2v) is 5.07. The molecule has 0 aliphatic carbocycles. The summed E-state index contributed by atoms with van der Waals surface area (Å²) in [5, 5.41) is 0. The van der Waals surface area contributed by atoms with Gasteiger partial charge >= 0.3 is 11.9 Å². The molecule has 4 nitrogen and oxygen atoms in total. The van der Waals surface area contributed by atoms with Crippen molar-refractivity contribution in [3.8, 4) is 5.75 Å². The van der Waals surface area contributed by atoms with Gasteiger partial charge in [-0.15, -0.1) is 0 Å². The molecule has 0 aromatic heterocycles. The molecule has 0 heterocycles. The van der Waals surface area contributed by atoms with E-state index in [0.29, 0.717) is 18.8 Å². The first-order valence-corrected chi connectivity index (χ1v) is 7.54. The van der Waals surface area contributed by atoms with E-state index in [9.17, 15) is 9.59 Å². The molecule has 0 radical (unpaired) electrons. The van der Waals surface area contributed by atoms with Crippen LogP contribution in [0.4, 0.5) is 0 Å². The lowest BCUT2D eigenvalue weighted by atomic mass is 10.2. The maximum atomic E-state index is 11.6. The van der Waals surface area contributed by atoms with Crippen LogP contribution in [-0.2, 0) is 14.3 Å². The van der Waals surface area contributed by atoms with E-state index >= 15 is 0 Å². The minimum atomic E-state index is -0.320. The SMILES string of the molecule is CCCCCOC(=O)CCCC(=O)Oc1cccc(C)c1. The summed E-state index contributed by atoms with van der Waals surface area (Å²) in [4.78, 5) is 23.0. The Morgan fingerprint density at radius 2 is 1.81 bits per heavy atom. The number of unbranched alkanes of at least 4 members (excludes halogenated alkanes) is 2. The number of benzene rings is 1. The summed E-state index contributed by atoms with van der Waals surface area (Å²) in [5.41, 5.74) is 1.04. The van der Waals surface area contributed by atoms with Crippen LogP contribution in [-0.4, -0.2) is 18.5 Å². The Balaban J connectivity index is 2.14. The van der Waals surface area contributed by atoms with Crippen molar-refractivity contribution in [2.45, 2.75) is 52.4 Å². The summed E-state index contributed by atoms with van der Waals surface area (Å²) in [5.74, 6) is -0.0176. The lowest BCUT2D eigenvalue weighted by molar-refractivity contribution is -0.144. The van der Waals surface area contributed by atoms with Crippen LogP contribution in [0, 0.1) is 6.92 Å². The van der Waals surface area contributed by atoms with Gasteiger partial charge in [0.1, 0.15) is 5.75 Å². The first-order valence-electron chi connectivity index (χ1n) is 7.54. The standard InChI is InChI=1S/C17H24O4/c1-3-4-5-12-20-16(18)10-7-11-17(19)21-15-9-6-8-14(2)13-15/h6,8-9,13H,3-5,7,10-12H2,1-2H3. The van der Waals surface area contributed by atoms with Crippen molar-refractivity contribution in [2.24, 2.45) is 0 Å². The highest BCUT2D eigenvalue weighted by atomic mass is 16.5. The molecule has 1 aromatic rings. The van der Waals surface area contributed by atoms with E-state index in [-0.39, 0.29) is 24.8 Å². The maximum Gasteiger partial charge on any atom is 0.311 e. The van der Waals surface area contributed by atoms with Crippen molar-refractivity contribution >= 4 is 11.9 Å². The number of ether oxygens (including phenoxy) is 2. The Labute approximate surface area is 126 Å². The van der Waals surface area contributed by atoms with Gasteiger partial charge in [0.2, 0.25) is 0 Å². The highest BCUT2D eigenvalue weighted by Crippen LogP contribution is 2.13. The van der Waals surface area contributed by atoms with Gasteiger partial charge in [0.05, 0.1) is 6.61 Å². The molecule has 21 heavy (non-hydrogen) atoms. The summed E-state index contributed by atoms with van der Waals surface area (Å²) >= 11 is 0. The topological polar surface area (TPSA) is 52.6 Å². The molecular formula is C17H24O4. The number of carbonyl (C=O) groups is 2. The van der Waals surface area contributed by atoms with Gasteiger partial charge < -0.3 is 9.47 Å². The minimum absolute atomic E-state index is 0.220. The van der Waals surface area contributed by atoms with Gasteiger partial charge in [0, 0.05) is 12.8 Å². The molecular weight excluding hydrogens is 268 g/mol. The molecule has 0 amide bonds. The van der Waals surface area contributed by atoms with Gasteiger partial charge in [0.15, 0.2) is 0 Å². The van der Waals surface area contributed by atoms with Crippen molar-refractivity contribution in [1.29, 1.82) is 0 Å². The van der Waals surface area contributed by atoms with E-state index in [4.69, 9.17) is 9.47 Å². The number of hydrogen-bond donors (Lipinski definition) is 0. The van der Waals surface area contributed by atoms with Crippen molar-refractivity contribution < 1.29 is 19.1 Å². The van der Waals surface area contributed by atoms with Crippen molar-refractivity contribution in [1.82, 2.24) is 0 Å². The van der Waals surface area contributed by atoms with Crippen LogP contribution in [0.15, 0.2) is 24.3 Å². The molecule has 0 atom stereocenters. The normalized spacial score (nSPS) is 10.2. The lowest BCUT2D eigenvalue weighted by Gasteiger charge is -2.06. The number of aryl methyl sites for hydroxylation is 1. The maximum absolute atomic E-state index is 11.6. The smallest absolute Gasteiger partial charge is 0.311 e. The molecule has 0 saturated heterocycles. The largest absolute Gasteiger partial charge is 0.466 e. The van der Waals surface area contributed by atoms with Crippen LogP contribution in [0.5, 0.6) is 5.75 Å². The van der Waals surface area contributed by atoms with Crippen LogP contribution < -0.4 is 4.74 Å². The van der Waals surface area contributed by atoms with E-state index in [1.165, 1.54) is 0 Å². The van der Waals surface area contributed by atoms with Crippen LogP contribution in [0.3, 0.4) is 0 Å². The van der Waals surface area contributed by atoms with E-state index < -0.39 is 0 Å². The minimum Gasteiger partial charge on any atom is -0.466 e. The lowest BCUT2D eigenvalue weighted by Crippen LogP contribution is -2.10. The average Bonchev–Trinajstić information content (AvgIpc) is 2.43. The van der Waals surface area contributed by atoms with Gasteiger partial charge in [-0.25, -0.2) is 0 Å². The Morgan fingerprint density at radius 1 is 1.05 bits per heavy atom. The van der Waals surface area contributed by atoms with Gasteiger partial charge in [-0.05, 0) is 37.5 Å². The summed E-state index contributed by atoms with van der Waals surface area (Å²) in [6.07, 6.45) is 4.00. The molecule has 1 rings (SSSR count). The third-order valence-electron chi connectivity index (χ3n) is 2.99. The van der Waals surface area contributed by atoms with Crippen LogP contribution in [0.25, 0.3) is 0 Å². The second kappa shape index (κ2) is 9.97. The van der Waals surface area contributed by atoms with Gasteiger partial charge in [0.25, 0.3) is 0 Å². The quantitative estimate of drug-likeness (QED) is 0.394. The van der Waals surface area contributed by atoms with Crippen molar-refractivity contribution in [3.63, 3.8) is 0 Å². The van der Waals surface area contributed by atoms with Crippen LogP contribution in [0.2, 0.25) is 0 Å². The Bertz CT molecular complexity index is 454. The molecule has 116 valence electrons. The fourth-order valence-corrected chi connectivity index (χ4v) is 1.85. The number of hydrogen-bond acceptors (Lipinski definition) is 4. The Hall–Kier alpha value is -1.84. The highest BCUT2D eigenvalue weighted by Gasteiger charge is 2.08. The molecule has 0 N–H and O–H groups in total. The van der Waals surface area contributed by atoms with E-state index in [0.717, 1.165) is 24.8 Å². The molecule has 1 aromatic carbocycles. The van der Waals surface area contributed by atoms with Gasteiger partial charge in [-0.1, -0.05) is 31.9 Å². The number of carbonyl (C=O) groups excluding carboxylic acids is 2. The molecule has 0 fully saturated rings. The first-order chi connectivity index (χ1) is 10.1. The first kappa shape index (κ1) is 17.2. The van der Waals surface area contributed by atoms with Crippen molar-refractivity contribution in [2.75, 3.05) is 6.61 Å². The summed E-state index contributed by atoms with van der Waals surface area (Å²) in [6.45, 7) is 4.51. The van der Waals surface area contributed by atoms with E-state index in [1.54, 1.807) is 12.1 Å². The monoisotopic (exact) mass is 292 g/mol. The molecule has 0 aliphatic rings. The molecule has 4 heteroatoms. The molecule has 0 saturated carbocycles. The number of esters is 2. The molecule has 0 unspecified atom stereocenters. The van der Waals surface area contributed by atoms with Gasteiger partial charge in [-0.3, -0.25) is 9.59 Å². The summed E-state index contributed by atoms with van der Waals surface area (Å²) < 4.78 is 10.3. The summed E-state index contributed by atoms with van der Waals surface area (Å²) in [6, 6.07) is 7.32. The predicted octanol–water partition coefficient (Wildman–Crippen LogP) is 3.80. The van der Waals surface area contributed by atoms with E-state index in [1.807, 2.05) is 19.1 Å². The van der Waals surface area contributed by atoms with E-state index in [2.05, 4.69) is 6.92 Å². The highest BCUT2D eigenvalue weighted by molar-refractivity contribution is 5.74. The fourth-order valence-electron chi connectivity index (χ4n) is 1.85. The van der Waals surface area contributed by atoms with Crippen LogP contribution in [0.1, 0.15) is 51.0 Å². The zero-order valence-corrected chi connectivity index (χ0v) is 12.9. The molecule has 0 bridgehead atoms. The third kappa shape index (κ3) is 8.12. The average molecular weight is 292 g/mol.